The molecule has 22 heavy (non-hydrogen) atoms. The summed E-state index contributed by atoms with van der Waals surface area (Å²) in [4.78, 5) is 12.9. The molecule has 0 aliphatic carbocycles. The van der Waals surface area contributed by atoms with E-state index in [4.69, 9.17) is 9.47 Å². The zero-order chi connectivity index (χ0) is 16.1. The van der Waals surface area contributed by atoms with Crippen molar-refractivity contribution in [1.82, 2.24) is 0 Å². The molecule has 0 spiro atoms. The van der Waals surface area contributed by atoms with E-state index in [1.807, 2.05) is 62.4 Å². The van der Waals surface area contributed by atoms with Crippen LogP contribution in [0.1, 0.15) is 33.0 Å². The van der Waals surface area contributed by atoms with Crippen LogP contribution in [0.15, 0.2) is 48.5 Å². The largest absolute Gasteiger partial charge is 0.355 e. The number of benzene rings is 2. The molecule has 2 aromatic carbocycles. The van der Waals surface area contributed by atoms with Gasteiger partial charge in [-0.05, 0) is 19.4 Å². The van der Waals surface area contributed by atoms with E-state index >= 15 is 0 Å². The van der Waals surface area contributed by atoms with E-state index in [2.05, 4.69) is 0 Å². The summed E-state index contributed by atoms with van der Waals surface area (Å²) >= 11 is 0. The SMILES string of the molecule is COC(OC)C(C(=O)c1ccc(C)cc1)c1ccc(C)cc1. The number of hydrogen-bond acceptors (Lipinski definition) is 3. The van der Waals surface area contributed by atoms with Gasteiger partial charge in [-0.3, -0.25) is 4.79 Å². The second-order valence-corrected chi connectivity index (χ2v) is 5.46. The third-order valence-electron chi connectivity index (χ3n) is 3.79. The third kappa shape index (κ3) is 3.62. The quantitative estimate of drug-likeness (QED) is 0.599. The molecule has 0 saturated heterocycles. The Balaban J connectivity index is 2.41. The van der Waals surface area contributed by atoms with Gasteiger partial charge in [0, 0.05) is 19.8 Å². The van der Waals surface area contributed by atoms with Crippen molar-refractivity contribution in [2.24, 2.45) is 0 Å². The van der Waals surface area contributed by atoms with Crippen molar-refractivity contribution in [2.45, 2.75) is 26.1 Å². The molecule has 0 saturated carbocycles. The number of ether oxygens (including phenoxy) is 2. The van der Waals surface area contributed by atoms with Crippen LogP contribution >= 0.6 is 0 Å². The van der Waals surface area contributed by atoms with E-state index in [0.717, 1.165) is 16.7 Å². The summed E-state index contributed by atoms with van der Waals surface area (Å²) in [5.41, 5.74) is 3.83. The highest BCUT2D eigenvalue weighted by Gasteiger charge is 2.30. The van der Waals surface area contributed by atoms with E-state index < -0.39 is 12.2 Å². The predicted octanol–water partition coefficient (Wildman–Crippen LogP) is 3.89. The van der Waals surface area contributed by atoms with Gasteiger partial charge in [-0.1, -0.05) is 59.7 Å². The first-order valence-corrected chi connectivity index (χ1v) is 7.30. The molecular weight excluding hydrogens is 276 g/mol. The number of ketones is 1. The summed E-state index contributed by atoms with van der Waals surface area (Å²) in [6.07, 6.45) is -0.614. The molecule has 0 radical (unpaired) electrons. The number of carbonyl (C=O) groups excluding carboxylic acids is 1. The van der Waals surface area contributed by atoms with Crippen molar-refractivity contribution in [3.63, 3.8) is 0 Å². The fraction of sp³-hybridized carbons (Fsp3) is 0.316. The molecule has 2 rings (SSSR count). The van der Waals surface area contributed by atoms with Crippen LogP contribution < -0.4 is 0 Å². The number of methoxy groups -OCH3 is 2. The van der Waals surface area contributed by atoms with Crippen LogP contribution in [0.3, 0.4) is 0 Å². The zero-order valence-corrected chi connectivity index (χ0v) is 13.5. The minimum absolute atomic E-state index is 0.00227. The van der Waals surface area contributed by atoms with Crippen molar-refractivity contribution in [3.05, 3.63) is 70.8 Å². The van der Waals surface area contributed by atoms with Gasteiger partial charge in [0.05, 0.1) is 5.92 Å². The Bertz CT molecular complexity index is 610. The highest BCUT2D eigenvalue weighted by molar-refractivity contribution is 6.01. The van der Waals surface area contributed by atoms with Crippen LogP contribution in [-0.4, -0.2) is 26.3 Å². The first-order valence-electron chi connectivity index (χ1n) is 7.30. The number of carbonyl (C=O) groups is 1. The van der Waals surface area contributed by atoms with Gasteiger partial charge in [-0.25, -0.2) is 0 Å². The normalized spacial score (nSPS) is 12.4. The number of hydrogen-bond donors (Lipinski definition) is 0. The first-order chi connectivity index (χ1) is 10.6. The lowest BCUT2D eigenvalue weighted by Crippen LogP contribution is -2.29. The molecule has 1 atom stereocenters. The Kier molecular flexibility index (Phi) is 5.47. The molecule has 116 valence electrons. The van der Waals surface area contributed by atoms with E-state index in [9.17, 15) is 4.79 Å². The monoisotopic (exact) mass is 298 g/mol. The maximum Gasteiger partial charge on any atom is 0.175 e. The van der Waals surface area contributed by atoms with Gasteiger partial charge in [0.2, 0.25) is 0 Å². The molecule has 0 amide bonds. The Hall–Kier alpha value is -1.97. The topological polar surface area (TPSA) is 35.5 Å². The van der Waals surface area contributed by atoms with Crippen molar-refractivity contribution < 1.29 is 14.3 Å². The second-order valence-electron chi connectivity index (χ2n) is 5.46. The maximum absolute atomic E-state index is 12.9. The van der Waals surface area contributed by atoms with Gasteiger partial charge in [0.25, 0.3) is 0 Å². The van der Waals surface area contributed by atoms with Crippen LogP contribution in [0.4, 0.5) is 0 Å². The van der Waals surface area contributed by atoms with Crippen LogP contribution in [0.25, 0.3) is 0 Å². The van der Waals surface area contributed by atoms with Crippen LogP contribution in [0.2, 0.25) is 0 Å². The Labute approximate surface area is 131 Å². The lowest BCUT2D eigenvalue weighted by molar-refractivity contribution is -0.110. The highest BCUT2D eigenvalue weighted by atomic mass is 16.7. The van der Waals surface area contributed by atoms with Gasteiger partial charge in [0.15, 0.2) is 12.1 Å². The zero-order valence-electron chi connectivity index (χ0n) is 13.5. The Morgan fingerprint density at radius 3 is 1.73 bits per heavy atom. The first kappa shape index (κ1) is 16.4. The van der Waals surface area contributed by atoms with Crippen molar-refractivity contribution in [3.8, 4) is 0 Å². The van der Waals surface area contributed by atoms with Crippen molar-refractivity contribution >= 4 is 5.78 Å². The lowest BCUT2D eigenvalue weighted by Gasteiger charge is -2.24. The van der Waals surface area contributed by atoms with Crippen molar-refractivity contribution in [1.29, 1.82) is 0 Å². The molecule has 0 aliphatic heterocycles. The fourth-order valence-corrected chi connectivity index (χ4v) is 2.47. The number of aryl methyl sites for hydroxylation is 2. The predicted molar refractivity (Wildman–Crippen MR) is 87.2 cm³/mol. The lowest BCUT2D eigenvalue weighted by atomic mass is 9.89. The molecule has 0 fully saturated rings. The summed E-state index contributed by atoms with van der Waals surface area (Å²) in [6, 6.07) is 15.5. The Morgan fingerprint density at radius 1 is 0.818 bits per heavy atom. The fourth-order valence-electron chi connectivity index (χ4n) is 2.47. The molecular formula is C19H22O3. The third-order valence-corrected chi connectivity index (χ3v) is 3.79. The summed E-state index contributed by atoms with van der Waals surface area (Å²) < 4.78 is 10.7. The maximum atomic E-state index is 12.9. The second kappa shape index (κ2) is 7.34. The average molecular weight is 298 g/mol. The van der Waals surface area contributed by atoms with Gasteiger partial charge in [-0.15, -0.1) is 0 Å². The number of rotatable bonds is 6. The summed E-state index contributed by atoms with van der Waals surface area (Å²) in [5.74, 6) is -0.490. The smallest absolute Gasteiger partial charge is 0.175 e. The van der Waals surface area contributed by atoms with Crippen LogP contribution in [0, 0.1) is 13.8 Å². The van der Waals surface area contributed by atoms with E-state index in [-0.39, 0.29) is 5.78 Å². The van der Waals surface area contributed by atoms with Gasteiger partial charge >= 0.3 is 0 Å². The molecule has 3 nitrogen and oxygen atoms in total. The molecule has 0 aliphatic rings. The standard InChI is InChI=1S/C19H22O3/c1-13-5-9-15(10-6-13)17(19(21-3)22-4)18(20)16-11-7-14(2)8-12-16/h5-12,17,19H,1-4H3. The molecule has 1 unspecified atom stereocenters. The molecule has 2 aromatic rings. The summed E-state index contributed by atoms with van der Waals surface area (Å²) in [5, 5.41) is 0. The molecule has 0 N–H and O–H groups in total. The van der Waals surface area contributed by atoms with E-state index in [1.54, 1.807) is 14.2 Å². The van der Waals surface area contributed by atoms with Crippen LogP contribution in [-0.2, 0) is 9.47 Å². The van der Waals surface area contributed by atoms with Gasteiger partial charge in [0.1, 0.15) is 0 Å². The summed E-state index contributed by atoms with van der Waals surface area (Å²) in [6.45, 7) is 4.02. The van der Waals surface area contributed by atoms with E-state index in [1.165, 1.54) is 0 Å². The summed E-state index contributed by atoms with van der Waals surface area (Å²) in [7, 11) is 3.11. The Morgan fingerprint density at radius 2 is 1.27 bits per heavy atom. The van der Waals surface area contributed by atoms with Gasteiger partial charge in [-0.2, -0.15) is 0 Å². The average Bonchev–Trinajstić information content (AvgIpc) is 2.54. The highest BCUT2D eigenvalue weighted by Crippen LogP contribution is 2.27. The molecule has 0 bridgehead atoms. The minimum atomic E-state index is -0.614. The van der Waals surface area contributed by atoms with Crippen LogP contribution in [0.5, 0.6) is 0 Å². The van der Waals surface area contributed by atoms with Gasteiger partial charge < -0.3 is 9.47 Å². The van der Waals surface area contributed by atoms with E-state index in [0.29, 0.717) is 5.56 Å². The molecule has 0 aromatic heterocycles. The molecule has 0 heterocycles. The number of Topliss-reactive ketones (excluding diaryl/α,β-unsaturated/α-hetero) is 1. The minimum Gasteiger partial charge on any atom is -0.355 e. The molecule has 3 heteroatoms. The van der Waals surface area contributed by atoms with Crippen molar-refractivity contribution in [2.75, 3.05) is 14.2 Å².